The second kappa shape index (κ2) is 3.33. The van der Waals surface area contributed by atoms with E-state index in [4.69, 9.17) is 9.47 Å². The van der Waals surface area contributed by atoms with Gasteiger partial charge in [0.2, 0.25) is 11.5 Å². The van der Waals surface area contributed by atoms with E-state index in [1.165, 1.54) is 0 Å². The van der Waals surface area contributed by atoms with Crippen molar-refractivity contribution in [1.29, 1.82) is 0 Å². The zero-order valence-electron chi connectivity index (χ0n) is 10.3. The van der Waals surface area contributed by atoms with E-state index in [1.807, 2.05) is 31.2 Å². The number of nitrogens with zero attached hydrogens (tertiary/aromatic N) is 1. The van der Waals surface area contributed by atoms with Gasteiger partial charge in [0, 0.05) is 18.5 Å². The molecule has 2 saturated heterocycles. The quantitative estimate of drug-likeness (QED) is 0.696. The Morgan fingerprint density at radius 1 is 1.39 bits per heavy atom. The minimum absolute atomic E-state index is 0.0625. The molecule has 94 valence electrons. The summed E-state index contributed by atoms with van der Waals surface area (Å²) in [6, 6.07) is 7.75. The molecule has 0 aliphatic carbocycles. The zero-order chi connectivity index (χ0) is 12.3. The van der Waals surface area contributed by atoms with Crippen LogP contribution in [0.1, 0.15) is 23.7 Å². The fraction of sp³-hybridized carbons (Fsp3) is 0.500. The van der Waals surface area contributed by atoms with Gasteiger partial charge in [0.15, 0.2) is 0 Å². The van der Waals surface area contributed by atoms with E-state index in [2.05, 4.69) is 4.90 Å². The number of para-hydroxylation sites is 1. The van der Waals surface area contributed by atoms with E-state index in [-0.39, 0.29) is 18.0 Å². The Kier molecular flexibility index (Phi) is 1.95. The van der Waals surface area contributed by atoms with Crippen molar-refractivity contribution >= 4 is 11.5 Å². The van der Waals surface area contributed by atoms with Crippen LogP contribution < -0.4 is 4.90 Å². The number of ether oxygens (including phenoxy) is 2. The third-order valence-electron chi connectivity index (χ3n) is 4.14. The van der Waals surface area contributed by atoms with E-state index in [0.717, 1.165) is 17.7 Å². The minimum Gasteiger partial charge on any atom is -0.368 e. The number of Topliss-reactive ketones (excluding diaryl/α,β-unsaturated/α-hetero) is 1. The van der Waals surface area contributed by atoms with E-state index >= 15 is 0 Å². The molecule has 3 aliphatic heterocycles. The van der Waals surface area contributed by atoms with Crippen LogP contribution in [0, 0.1) is 0 Å². The van der Waals surface area contributed by atoms with Gasteiger partial charge in [0.05, 0.1) is 18.4 Å². The first-order chi connectivity index (χ1) is 8.73. The highest BCUT2D eigenvalue weighted by Crippen LogP contribution is 2.48. The summed E-state index contributed by atoms with van der Waals surface area (Å²) in [6.45, 7) is 3.35. The predicted octanol–water partition coefficient (Wildman–Crippen LogP) is 1.59. The summed E-state index contributed by atoms with van der Waals surface area (Å²) >= 11 is 0. The first-order valence-electron chi connectivity index (χ1n) is 6.44. The lowest BCUT2D eigenvalue weighted by Crippen LogP contribution is -2.64. The number of benzene rings is 1. The van der Waals surface area contributed by atoms with Gasteiger partial charge < -0.3 is 14.4 Å². The summed E-state index contributed by atoms with van der Waals surface area (Å²) in [7, 11) is 0. The van der Waals surface area contributed by atoms with Crippen LogP contribution in [0.25, 0.3) is 0 Å². The molecule has 0 N–H and O–H groups in total. The summed E-state index contributed by atoms with van der Waals surface area (Å²) in [6.07, 6.45) is 0.783. The lowest BCUT2D eigenvalue weighted by Gasteiger charge is -2.45. The molecule has 3 atom stereocenters. The predicted molar refractivity (Wildman–Crippen MR) is 65.8 cm³/mol. The zero-order valence-corrected chi connectivity index (χ0v) is 10.3. The second-order valence-corrected chi connectivity index (χ2v) is 5.23. The number of hydrogen-bond acceptors (Lipinski definition) is 4. The molecule has 3 aliphatic rings. The molecule has 18 heavy (non-hydrogen) atoms. The molecule has 4 nitrogen and oxygen atoms in total. The maximum absolute atomic E-state index is 12.7. The van der Waals surface area contributed by atoms with Gasteiger partial charge in [0.25, 0.3) is 0 Å². The van der Waals surface area contributed by atoms with Crippen molar-refractivity contribution in [3.63, 3.8) is 0 Å². The lowest BCUT2D eigenvalue weighted by atomic mass is 9.97. The van der Waals surface area contributed by atoms with Gasteiger partial charge in [-0.15, -0.1) is 0 Å². The number of ketones is 1. The Labute approximate surface area is 105 Å². The SMILES string of the molecule is C[C@H]1CN2c3ccccc3C(=O)[C@@]23OCC[C@H]3O1. The third kappa shape index (κ3) is 1.06. The van der Waals surface area contributed by atoms with Crippen LogP contribution in [0.3, 0.4) is 0 Å². The molecule has 2 fully saturated rings. The highest BCUT2D eigenvalue weighted by Gasteiger charge is 2.63. The molecular formula is C14H15NO3. The van der Waals surface area contributed by atoms with Crippen molar-refractivity contribution in [2.75, 3.05) is 18.1 Å². The summed E-state index contributed by atoms with van der Waals surface area (Å²) in [4.78, 5) is 14.8. The summed E-state index contributed by atoms with van der Waals surface area (Å²) in [5.74, 6) is 0.0625. The molecular weight excluding hydrogens is 230 g/mol. The summed E-state index contributed by atoms with van der Waals surface area (Å²) in [5.41, 5.74) is 0.877. The van der Waals surface area contributed by atoms with Crippen LogP contribution in [0.15, 0.2) is 24.3 Å². The van der Waals surface area contributed by atoms with Gasteiger partial charge in [-0.05, 0) is 19.1 Å². The van der Waals surface area contributed by atoms with Crippen LogP contribution in [0.2, 0.25) is 0 Å². The summed E-state index contributed by atoms with van der Waals surface area (Å²) < 4.78 is 11.8. The average Bonchev–Trinajstić information content (AvgIpc) is 2.90. The maximum atomic E-state index is 12.7. The van der Waals surface area contributed by atoms with Gasteiger partial charge in [-0.25, -0.2) is 0 Å². The molecule has 1 aromatic carbocycles. The Balaban J connectivity index is 1.92. The number of anilines is 1. The molecule has 4 rings (SSSR count). The van der Waals surface area contributed by atoms with Crippen molar-refractivity contribution in [2.45, 2.75) is 31.3 Å². The third-order valence-corrected chi connectivity index (χ3v) is 4.14. The number of rotatable bonds is 0. The molecule has 3 heterocycles. The molecule has 0 unspecified atom stereocenters. The van der Waals surface area contributed by atoms with Crippen molar-refractivity contribution < 1.29 is 14.3 Å². The van der Waals surface area contributed by atoms with Crippen molar-refractivity contribution in [1.82, 2.24) is 0 Å². The number of carbonyl (C=O) groups excluding carboxylic acids is 1. The average molecular weight is 245 g/mol. The van der Waals surface area contributed by atoms with E-state index < -0.39 is 5.72 Å². The Morgan fingerprint density at radius 3 is 3.11 bits per heavy atom. The molecule has 4 heteroatoms. The monoisotopic (exact) mass is 245 g/mol. The molecule has 0 bridgehead atoms. The smallest absolute Gasteiger partial charge is 0.232 e. The first kappa shape index (κ1) is 10.5. The van der Waals surface area contributed by atoms with Crippen LogP contribution in [-0.4, -0.2) is 36.9 Å². The van der Waals surface area contributed by atoms with Gasteiger partial charge in [-0.2, -0.15) is 0 Å². The van der Waals surface area contributed by atoms with Crippen LogP contribution in [0.5, 0.6) is 0 Å². The Morgan fingerprint density at radius 2 is 2.22 bits per heavy atom. The van der Waals surface area contributed by atoms with Crippen molar-refractivity contribution in [3.05, 3.63) is 29.8 Å². The minimum atomic E-state index is -0.879. The van der Waals surface area contributed by atoms with Crippen LogP contribution in [0.4, 0.5) is 5.69 Å². The Bertz CT molecular complexity index is 530. The second-order valence-electron chi connectivity index (χ2n) is 5.23. The van der Waals surface area contributed by atoms with Gasteiger partial charge >= 0.3 is 0 Å². The first-order valence-corrected chi connectivity index (χ1v) is 6.44. The molecule has 0 radical (unpaired) electrons. The van der Waals surface area contributed by atoms with Crippen LogP contribution >= 0.6 is 0 Å². The van der Waals surface area contributed by atoms with E-state index in [1.54, 1.807) is 0 Å². The normalized spacial score (nSPS) is 37.4. The topological polar surface area (TPSA) is 38.8 Å². The van der Waals surface area contributed by atoms with Crippen molar-refractivity contribution in [3.8, 4) is 0 Å². The Hall–Kier alpha value is -1.39. The van der Waals surface area contributed by atoms with Crippen LogP contribution in [-0.2, 0) is 9.47 Å². The number of carbonyl (C=O) groups is 1. The summed E-state index contributed by atoms with van der Waals surface area (Å²) in [5, 5.41) is 0. The standard InChI is InChI=1S/C14H15NO3/c1-9-8-15-11-5-3-2-4-10(11)13(16)14(15)12(18-9)6-7-17-14/h2-5,9,12H,6-8H2,1H3/t9-,12+,14+/m0/s1. The molecule has 0 aromatic heterocycles. The van der Waals surface area contributed by atoms with E-state index in [0.29, 0.717) is 13.2 Å². The number of fused-ring (bicyclic) bond motifs is 2. The van der Waals surface area contributed by atoms with Gasteiger partial charge in [-0.1, -0.05) is 12.1 Å². The van der Waals surface area contributed by atoms with Crippen molar-refractivity contribution in [2.24, 2.45) is 0 Å². The fourth-order valence-corrected chi connectivity index (χ4v) is 3.44. The highest BCUT2D eigenvalue weighted by molar-refractivity contribution is 6.13. The lowest BCUT2D eigenvalue weighted by molar-refractivity contribution is -0.111. The molecule has 1 aromatic rings. The van der Waals surface area contributed by atoms with Gasteiger partial charge in [0.1, 0.15) is 6.10 Å². The van der Waals surface area contributed by atoms with Gasteiger partial charge in [-0.3, -0.25) is 4.79 Å². The highest BCUT2D eigenvalue weighted by atomic mass is 16.6. The van der Waals surface area contributed by atoms with E-state index in [9.17, 15) is 4.79 Å². The maximum Gasteiger partial charge on any atom is 0.232 e. The number of morpholine rings is 1. The molecule has 0 saturated carbocycles. The molecule has 1 spiro atoms. The molecule has 0 amide bonds. The number of hydrogen-bond donors (Lipinski definition) is 0. The fourth-order valence-electron chi connectivity index (χ4n) is 3.44. The largest absolute Gasteiger partial charge is 0.368 e.